The fourth-order valence-corrected chi connectivity index (χ4v) is 2.93. The summed E-state index contributed by atoms with van der Waals surface area (Å²) in [6.07, 6.45) is 2.39. The molecule has 2 aromatic carbocycles. The Balaban J connectivity index is 1.96. The van der Waals surface area contributed by atoms with E-state index in [1.54, 1.807) is 24.3 Å². The van der Waals surface area contributed by atoms with Gasteiger partial charge in [-0.05, 0) is 30.3 Å². The number of halogens is 2. The number of carbonyl (C=O) groups is 1. The van der Waals surface area contributed by atoms with E-state index in [0.717, 1.165) is 18.3 Å². The van der Waals surface area contributed by atoms with Crippen LogP contribution in [0.2, 0.25) is 0 Å². The number of benzene rings is 2. The molecule has 2 aromatic heterocycles. The zero-order valence-corrected chi connectivity index (χ0v) is 14.7. The second kappa shape index (κ2) is 7.16. The Morgan fingerprint density at radius 2 is 1.69 bits per heavy atom. The number of aliphatic hydroxyl groups is 1. The number of ketones is 1. The van der Waals surface area contributed by atoms with E-state index in [0.29, 0.717) is 17.1 Å². The number of pyridine rings is 1. The first kappa shape index (κ1) is 18.3. The number of aromatic hydroxyl groups is 1. The van der Waals surface area contributed by atoms with E-state index in [-0.39, 0.29) is 28.3 Å². The molecule has 2 heterocycles. The summed E-state index contributed by atoms with van der Waals surface area (Å²) in [6.45, 7) is 0. The fraction of sp³-hybridized carbons (Fsp3) is 0. The van der Waals surface area contributed by atoms with Crippen molar-refractivity contribution < 1.29 is 23.8 Å². The monoisotopic (exact) mass is 393 g/mol. The summed E-state index contributed by atoms with van der Waals surface area (Å²) >= 11 is 0. The highest BCUT2D eigenvalue weighted by Crippen LogP contribution is 2.29. The Morgan fingerprint density at radius 3 is 2.38 bits per heavy atom. The maximum absolute atomic E-state index is 13.7. The van der Waals surface area contributed by atoms with Crippen LogP contribution in [0, 0.1) is 11.6 Å². The second-order valence-electron chi connectivity index (χ2n) is 6.25. The van der Waals surface area contributed by atoms with Crippen molar-refractivity contribution in [2.75, 3.05) is 0 Å². The van der Waals surface area contributed by atoms with Gasteiger partial charge in [0.1, 0.15) is 34.5 Å². The molecule has 0 aliphatic heterocycles. The number of rotatable bonds is 4. The van der Waals surface area contributed by atoms with Crippen LogP contribution in [0.4, 0.5) is 8.78 Å². The number of nitrogens with one attached hydrogen (secondary N) is 1. The summed E-state index contributed by atoms with van der Waals surface area (Å²) in [5.41, 5.74) is 0.530. The molecule has 0 fully saturated rings. The Morgan fingerprint density at radius 1 is 0.966 bits per heavy atom. The van der Waals surface area contributed by atoms with E-state index in [9.17, 15) is 23.8 Å². The minimum atomic E-state index is -0.934. The van der Waals surface area contributed by atoms with Gasteiger partial charge in [0.05, 0.1) is 17.2 Å². The van der Waals surface area contributed by atoms with E-state index in [4.69, 9.17) is 0 Å². The Hall–Kier alpha value is -4.07. The first-order valence-electron chi connectivity index (χ1n) is 8.46. The van der Waals surface area contributed by atoms with Crippen LogP contribution in [0.5, 0.6) is 5.75 Å². The van der Waals surface area contributed by atoms with Crippen LogP contribution >= 0.6 is 0 Å². The normalized spacial score (nSPS) is 12.1. The number of carbonyl (C=O) groups excluding carboxylic acids is 1. The molecule has 0 unspecified atom stereocenters. The third kappa shape index (κ3) is 3.55. The number of aromatic nitrogens is 3. The van der Waals surface area contributed by atoms with Crippen molar-refractivity contribution in [3.8, 4) is 5.75 Å². The Bertz CT molecular complexity index is 1230. The van der Waals surface area contributed by atoms with Gasteiger partial charge in [-0.3, -0.25) is 9.78 Å². The summed E-state index contributed by atoms with van der Waals surface area (Å²) in [5.74, 6) is -3.51. The first-order valence-corrected chi connectivity index (χ1v) is 8.46. The first-order chi connectivity index (χ1) is 13.9. The molecule has 29 heavy (non-hydrogen) atoms. The molecule has 0 saturated carbocycles. The number of hydrogen-bond acceptors (Lipinski definition) is 5. The topological polar surface area (TPSA) is 99.1 Å². The quantitative estimate of drug-likeness (QED) is 0.273. The van der Waals surface area contributed by atoms with Gasteiger partial charge in [-0.1, -0.05) is 12.1 Å². The fourth-order valence-electron chi connectivity index (χ4n) is 2.93. The molecule has 0 radical (unpaired) electrons. The lowest BCUT2D eigenvalue weighted by Crippen LogP contribution is -2.08. The number of hydrogen-bond donors (Lipinski definition) is 3. The van der Waals surface area contributed by atoms with Crippen molar-refractivity contribution in [3.63, 3.8) is 0 Å². The number of allylic oxidation sites excluding steroid dienone is 1. The molecule has 3 N–H and O–H groups in total. The van der Waals surface area contributed by atoms with Gasteiger partial charge in [-0.25, -0.2) is 13.8 Å². The van der Waals surface area contributed by atoms with Crippen LogP contribution in [0.15, 0.2) is 60.9 Å². The number of fused-ring (bicyclic) bond motifs is 1. The predicted molar refractivity (Wildman–Crippen MR) is 102 cm³/mol. The van der Waals surface area contributed by atoms with Crippen LogP contribution in [-0.4, -0.2) is 30.9 Å². The van der Waals surface area contributed by atoms with Gasteiger partial charge in [0.2, 0.25) is 5.78 Å². The van der Waals surface area contributed by atoms with Crippen molar-refractivity contribution in [3.05, 3.63) is 89.5 Å². The van der Waals surface area contributed by atoms with Crippen molar-refractivity contribution in [2.24, 2.45) is 0 Å². The molecule has 6 nitrogen and oxygen atoms in total. The van der Waals surface area contributed by atoms with Crippen molar-refractivity contribution >= 4 is 28.1 Å². The number of aliphatic hydroxyl groups excluding tert-OH is 1. The molecule has 0 bridgehead atoms. The molecule has 0 spiro atoms. The highest BCUT2D eigenvalue weighted by Gasteiger charge is 2.25. The average molecular weight is 393 g/mol. The standard InChI is InChI=1S/C21H13F2N3O3/c22-13-5-11(6-14(23)8-13)19(28)18(20(29)12-7-15(27)10-24-9-12)21-25-16-3-1-2-4-17(16)26-21/h1-10,27,29H,(H,25,26). The number of imidazole rings is 1. The molecule has 8 heteroatoms. The molecule has 4 aromatic rings. The average Bonchev–Trinajstić information content (AvgIpc) is 3.10. The van der Waals surface area contributed by atoms with Gasteiger partial charge in [-0.15, -0.1) is 0 Å². The minimum Gasteiger partial charge on any atom is -0.506 e. The van der Waals surface area contributed by atoms with Gasteiger partial charge in [0.25, 0.3) is 0 Å². The maximum Gasteiger partial charge on any atom is 0.200 e. The zero-order chi connectivity index (χ0) is 20.5. The molecule has 0 amide bonds. The Kier molecular flexibility index (Phi) is 4.52. The lowest BCUT2D eigenvalue weighted by atomic mass is 9.99. The van der Waals surface area contributed by atoms with Gasteiger partial charge in [-0.2, -0.15) is 0 Å². The van der Waals surface area contributed by atoms with Crippen LogP contribution < -0.4 is 0 Å². The van der Waals surface area contributed by atoms with Gasteiger partial charge in [0.15, 0.2) is 0 Å². The highest BCUT2D eigenvalue weighted by molar-refractivity contribution is 6.33. The van der Waals surface area contributed by atoms with Gasteiger partial charge < -0.3 is 15.2 Å². The summed E-state index contributed by atoms with van der Waals surface area (Å²) in [4.78, 5) is 24.1. The van der Waals surface area contributed by atoms with E-state index < -0.39 is 23.2 Å². The molecule has 144 valence electrons. The molecular formula is C21H13F2N3O3. The molecule has 0 aliphatic rings. The summed E-state index contributed by atoms with van der Waals surface area (Å²) in [5, 5.41) is 20.5. The number of aromatic amines is 1. The number of nitrogens with zero attached hydrogens (tertiary/aromatic N) is 2. The molecule has 0 saturated heterocycles. The maximum atomic E-state index is 13.7. The number of H-pyrrole nitrogens is 1. The van der Waals surface area contributed by atoms with E-state index in [1.165, 1.54) is 12.3 Å². The van der Waals surface area contributed by atoms with Crippen LogP contribution in [-0.2, 0) is 0 Å². The molecular weight excluding hydrogens is 380 g/mol. The lowest BCUT2D eigenvalue weighted by Gasteiger charge is -2.09. The summed E-state index contributed by atoms with van der Waals surface area (Å²) in [6, 6.07) is 10.5. The third-order valence-electron chi connectivity index (χ3n) is 4.21. The zero-order valence-electron chi connectivity index (χ0n) is 14.7. The van der Waals surface area contributed by atoms with Crippen molar-refractivity contribution in [1.29, 1.82) is 0 Å². The smallest absolute Gasteiger partial charge is 0.200 e. The highest BCUT2D eigenvalue weighted by atomic mass is 19.1. The lowest BCUT2D eigenvalue weighted by molar-refractivity contribution is 0.105. The SMILES string of the molecule is O=C(C(=C(O)c1cncc(O)c1)c1nc2ccccc2[nH]1)c1cc(F)cc(F)c1. The predicted octanol–water partition coefficient (Wildman–Crippen LogP) is 4.25. The van der Waals surface area contributed by atoms with Crippen LogP contribution in [0.25, 0.3) is 22.4 Å². The number of para-hydroxylation sites is 2. The van der Waals surface area contributed by atoms with E-state index in [2.05, 4.69) is 15.0 Å². The summed E-state index contributed by atoms with van der Waals surface area (Å²) in [7, 11) is 0. The number of Topliss-reactive ketones (excluding diaryl/α,β-unsaturated/α-hetero) is 1. The second-order valence-corrected chi connectivity index (χ2v) is 6.25. The van der Waals surface area contributed by atoms with Crippen molar-refractivity contribution in [2.45, 2.75) is 0 Å². The van der Waals surface area contributed by atoms with Crippen LogP contribution in [0.3, 0.4) is 0 Å². The van der Waals surface area contributed by atoms with E-state index in [1.807, 2.05) is 0 Å². The van der Waals surface area contributed by atoms with Gasteiger partial charge in [0, 0.05) is 23.4 Å². The Labute approximate surface area is 162 Å². The van der Waals surface area contributed by atoms with E-state index >= 15 is 0 Å². The summed E-state index contributed by atoms with van der Waals surface area (Å²) < 4.78 is 27.3. The largest absolute Gasteiger partial charge is 0.506 e. The van der Waals surface area contributed by atoms with Crippen molar-refractivity contribution in [1.82, 2.24) is 15.0 Å². The van der Waals surface area contributed by atoms with Crippen LogP contribution in [0.1, 0.15) is 21.7 Å². The molecule has 4 rings (SSSR count). The molecule has 0 aliphatic carbocycles. The molecule has 0 atom stereocenters. The third-order valence-corrected chi connectivity index (χ3v) is 4.21. The van der Waals surface area contributed by atoms with Gasteiger partial charge >= 0.3 is 0 Å². The minimum absolute atomic E-state index is 0.00159.